The van der Waals surface area contributed by atoms with Gasteiger partial charge in [0.05, 0.1) is 6.04 Å². The maximum absolute atomic E-state index is 12.7. The van der Waals surface area contributed by atoms with Gasteiger partial charge in [-0.1, -0.05) is 57.0 Å². The molecule has 0 radical (unpaired) electrons. The average molecular weight is 303 g/mol. The van der Waals surface area contributed by atoms with Crippen LogP contribution in [0.5, 0.6) is 0 Å². The SMILES string of the molecule is CCCC[C@H](CC)C(=O)N1C(=O)OC[C@@H]1Cc1ccccc1. The summed E-state index contributed by atoms with van der Waals surface area (Å²) in [6.07, 6.45) is 3.84. The number of rotatable bonds is 7. The Hall–Kier alpha value is -1.84. The smallest absolute Gasteiger partial charge is 0.416 e. The molecule has 1 heterocycles. The summed E-state index contributed by atoms with van der Waals surface area (Å²) in [6.45, 7) is 4.41. The Bertz CT molecular complexity index is 500. The molecule has 1 aliphatic rings. The number of nitrogens with zero attached hydrogens (tertiary/aromatic N) is 1. The first kappa shape index (κ1) is 16.5. The predicted molar refractivity (Wildman–Crippen MR) is 85.4 cm³/mol. The zero-order chi connectivity index (χ0) is 15.9. The quantitative estimate of drug-likeness (QED) is 0.770. The number of hydrogen-bond donors (Lipinski definition) is 0. The highest BCUT2D eigenvalue weighted by molar-refractivity contribution is 5.94. The lowest BCUT2D eigenvalue weighted by Gasteiger charge is -2.24. The number of imide groups is 1. The van der Waals surface area contributed by atoms with Crippen molar-refractivity contribution in [3.8, 4) is 0 Å². The number of hydrogen-bond acceptors (Lipinski definition) is 3. The van der Waals surface area contributed by atoms with E-state index in [0.29, 0.717) is 13.0 Å². The number of amides is 2. The second kappa shape index (κ2) is 7.97. The van der Waals surface area contributed by atoms with Gasteiger partial charge in [-0.15, -0.1) is 0 Å². The molecule has 0 aromatic heterocycles. The summed E-state index contributed by atoms with van der Waals surface area (Å²) in [4.78, 5) is 26.1. The molecule has 1 saturated heterocycles. The van der Waals surface area contributed by atoms with Gasteiger partial charge in [0.25, 0.3) is 0 Å². The molecule has 1 fully saturated rings. The Kier molecular flexibility index (Phi) is 5.99. The van der Waals surface area contributed by atoms with Crippen LogP contribution in [0.15, 0.2) is 30.3 Å². The van der Waals surface area contributed by atoms with Crippen molar-refractivity contribution in [1.82, 2.24) is 4.90 Å². The van der Waals surface area contributed by atoms with Crippen LogP contribution in [0.4, 0.5) is 4.79 Å². The van der Waals surface area contributed by atoms with Gasteiger partial charge in [0.1, 0.15) is 6.61 Å². The molecular formula is C18H25NO3. The van der Waals surface area contributed by atoms with Gasteiger partial charge in [-0.3, -0.25) is 4.79 Å². The van der Waals surface area contributed by atoms with Crippen LogP contribution >= 0.6 is 0 Å². The fourth-order valence-corrected chi connectivity index (χ4v) is 2.92. The second-order valence-electron chi connectivity index (χ2n) is 5.88. The van der Waals surface area contributed by atoms with Crippen molar-refractivity contribution in [2.24, 2.45) is 5.92 Å². The third-order valence-electron chi connectivity index (χ3n) is 4.26. The van der Waals surface area contributed by atoms with E-state index in [0.717, 1.165) is 31.2 Å². The van der Waals surface area contributed by atoms with Crippen molar-refractivity contribution >= 4 is 12.0 Å². The summed E-state index contributed by atoms with van der Waals surface area (Å²) in [6, 6.07) is 9.74. The van der Waals surface area contributed by atoms with Gasteiger partial charge in [-0.05, 0) is 24.8 Å². The highest BCUT2D eigenvalue weighted by atomic mass is 16.6. The first-order chi connectivity index (χ1) is 10.7. The minimum absolute atomic E-state index is 0.0700. The van der Waals surface area contributed by atoms with E-state index >= 15 is 0 Å². The van der Waals surface area contributed by atoms with E-state index in [2.05, 4.69) is 6.92 Å². The highest BCUT2D eigenvalue weighted by Gasteiger charge is 2.39. The van der Waals surface area contributed by atoms with Gasteiger partial charge in [0, 0.05) is 5.92 Å². The first-order valence-electron chi connectivity index (χ1n) is 8.21. The fourth-order valence-electron chi connectivity index (χ4n) is 2.92. The minimum atomic E-state index is -0.485. The number of unbranched alkanes of at least 4 members (excludes halogenated alkanes) is 1. The molecule has 0 bridgehead atoms. The summed E-state index contributed by atoms with van der Waals surface area (Å²) in [5.41, 5.74) is 1.12. The zero-order valence-corrected chi connectivity index (χ0v) is 13.5. The molecule has 1 aromatic carbocycles. The van der Waals surface area contributed by atoms with Gasteiger partial charge < -0.3 is 4.74 Å². The lowest BCUT2D eigenvalue weighted by Crippen LogP contribution is -2.43. The van der Waals surface area contributed by atoms with Gasteiger partial charge in [0.15, 0.2) is 0 Å². The zero-order valence-electron chi connectivity index (χ0n) is 13.5. The maximum Gasteiger partial charge on any atom is 0.416 e. The maximum atomic E-state index is 12.7. The molecule has 4 nitrogen and oxygen atoms in total. The molecular weight excluding hydrogens is 278 g/mol. The van der Waals surface area contributed by atoms with E-state index in [1.54, 1.807) is 0 Å². The molecule has 1 aliphatic heterocycles. The Morgan fingerprint density at radius 1 is 1.32 bits per heavy atom. The van der Waals surface area contributed by atoms with Crippen LogP contribution in [0.25, 0.3) is 0 Å². The molecule has 1 aromatic rings. The number of carbonyl (C=O) groups is 2. The summed E-state index contributed by atoms with van der Waals surface area (Å²) >= 11 is 0. The fraction of sp³-hybridized carbons (Fsp3) is 0.556. The Labute approximate surface area is 132 Å². The second-order valence-corrected chi connectivity index (χ2v) is 5.88. The van der Waals surface area contributed by atoms with Gasteiger partial charge >= 0.3 is 6.09 Å². The molecule has 4 heteroatoms. The molecule has 0 saturated carbocycles. The number of benzene rings is 1. The normalized spacial score (nSPS) is 19.1. The van der Waals surface area contributed by atoms with Crippen LogP contribution in [0.1, 0.15) is 45.1 Å². The third kappa shape index (κ3) is 3.87. The average Bonchev–Trinajstić information content (AvgIpc) is 2.89. The Balaban J connectivity index is 2.08. The van der Waals surface area contributed by atoms with Crippen LogP contribution in [-0.2, 0) is 16.0 Å². The standard InChI is InChI=1S/C18H25NO3/c1-3-5-11-15(4-2)17(20)19-16(13-22-18(19)21)12-14-9-7-6-8-10-14/h6-10,15-16H,3-5,11-13H2,1-2H3/t15-,16-/m0/s1. The van der Waals surface area contributed by atoms with E-state index < -0.39 is 6.09 Å². The van der Waals surface area contributed by atoms with Crippen molar-refractivity contribution in [1.29, 1.82) is 0 Å². The van der Waals surface area contributed by atoms with Crippen LogP contribution in [0.3, 0.4) is 0 Å². The molecule has 22 heavy (non-hydrogen) atoms. The third-order valence-corrected chi connectivity index (χ3v) is 4.26. The van der Waals surface area contributed by atoms with Gasteiger partial charge in [0.2, 0.25) is 5.91 Å². The van der Waals surface area contributed by atoms with Crippen LogP contribution in [0.2, 0.25) is 0 Å². The lowest BCUT2D eigenvalue weighted by molar-refractivity contribution is -0.133. The van der Waals surface area contributed by atoms with E-state index in [9.17, 15) is 9.59 Å². The van der Waals surface area contributed by atoms with Gasteiger partial charge in [-0.25, -0.2) is 9.69 Å². The molecule has 120 valence electrons. The number of ether oxygens (including phenoxy) is 1. The van der Waals surface area contributed by atoms with E-state index in [1.807, 2.05) is 37.3 Å². The summed E-state index contributed by atoms with van der Waals surface area (Å²) < 4.78 is 5.14. The Morgan fingerprint density at radius 3 is 2.68 bits per heavy atom. The predicted octanol–water partition coefficient (Wildman–Crippen LogP) is 3.79. The van der Waals surface area contributed by atoms with Crippen molar-refractivity contribution in [2.75, 3.05) is 6.61 Å². The molecule has 0 unspecified atom stereocenters. The summed E-state index contributed by atoms with van der Waals surface area (Å²) in [7, 11) is 0. The molecule has 2 amide bonds. The number of cyclic esters (lactones) is 1. The first-order valence-corrected chi connectivity index (χ1v) is 8.21. The van der Waals surface area contributed by atoms with Crippen LogP contribution in [0, 0.1) is 5.92 Å². The molecule has 2 atom stereocenters. The van der Waals surface area contributed by atoms with Crippen molar-refractivity contribution in [2.45, 2.75) is 52.0 Å². The minimum Gasteiger partial charge on any atom is -0.447 e. The number of carbonyl (C=O) groups excluding carboxylic acids is 2. The molecule has 0 aliphatic carbocycles. The van der Waals surface area contributed by atoms with Crippen LogP contribution < -0.4 is 0 Å². The van der Waals surface area contributed by atoms with Crippen molar-refractivity contribution in [3.05, 3.63) is 35.9 Å². The molecule has 2 rings (SSSR count). The highest BCUT2D eigenvalue weighted by Crippen LogP contribution is 2.23. The van der Waals surface area contributed by atoms with E-state index in [-0.39, 0.29) is 17.9 Å². The van der Waals surface area contributed by atoms with Crippen molar-refractivity contribution in [3.63, 3.8) is 0 Å². The van der Waals surface area contributed by atoms with Gasteiger partial charge in [-0.2, -0.15) is 0 Å². The summed E-state index contributed by atoms with van der Waals surface area (Å²) in [5, 5.41) is 0. The summed E-state index contributed by atoms with van der Waals surface area (Å²) in [5.74, 6) is -0.150. The van der Waals surface area contributed by atoms with Crippen LogP contribution in [-0.4, -0.2) is 29.5 Å². The van der Waals surface area contributed by atoms with Crippen molar-refractivity contribution < 1.29 is 14.3 Å². The topological polar surface area (TPSA) is 46.6 Å². The lowest BCUT2D eigenvalue weighted by atomic mass is 9.96. The molecule has 0 spiro atoms. The largest absolute Gasteiger partial charge is 0.447 e. The van der Waals surface area contributed by atoms with E-state index in [1.165, 1.54) is 4.90 Å². The monoisotopic (exact) mass is 303 g/mol. The van der Waals surface area contributed by atoms with E-state index in [4.69, 9.17) is 4.74 Å². The Morgan fingerprint density at radius 2 is 2.05 bits per heavy atom. The molecule has 0 N–H and O–H groups in total.